The average Bonchev–Trinajstić information content (AvgIpc) is 2.80. The average molecular weight is 610 g/mol. The van der Waals surface area contributed by atoms with Crippen LogP contribution in [0.5, 0.6) is 0 Å². The number of nitrogens with one attached hydrogen (secondary N) is 1. The molecule has 4 saturated heterocycles. The molecule has 9 heteroatoms. The number of hydrogen-bond acceptors (Lipinski definition) is 6. The summed E-state index contributed by atoms with van der Waals surface area (Å²) in [6.07, 6.45) is 14.4. The van der Waals surface area contributed by atoms with Crippen LogP contribution in [-0.2, 0) is 9.47 Å². The van der Waals surface area contributed by atoms with E-state index in [4.69, 9.17) is 22.3 Å². The number of hydrogen-bond donors (Lipinski definition) is 1. The first-order valence-electron chi connectivity index (χ1n) is 14.0. The predicted octanol–water partition coefficient (Wildman–Crippen LogP) is 4.57. The van der Waals surface area contributed by atoms with E-state index in [2.05, 4.69) is 38.0 Å². The lowest BCUT2D eigenvalue weighted by Crippen LogP contribution is -2.62. The largest absolute Gasteiger partial charge is 0.444 e. The Morgan fingerprint density at radius 3 is 1.51 bits per heavy atom. The van der Waals surface area contributed by atoms with Gasteiger partial charge in [0.05, 0.1) is 11.9 Å². The highest BCUT2D eigenvalue weighted by atomic mass is 79.9. The zero-order valence-electron chi connectivity index (χ0n) is 24.9. The molecule has 0 aromatic heterocycles. The second-order valence-electron chi connectivity index (χ2n) is 13.2. The minimum atomic E-state index is -0.407. The molecule has 4 aliphatic heterocycles. The minimum Gasteiger partial charge on any atom is -0.444 e. The molecule has 0 bridgehead atoms. The van der Waals surface area contributed by atoms with Gasteiger partial charge >= 0.3 is 12.2 Å². The van der Waals surface area contributed by atoms with Crippen LogP contribution < -0.4 is 5.32 Å². The third kappa shape index (κ3) is 10.9. The van der Waals surface area contributed by atoms with E-state index in [9.17, 15) is 9.59 Å². The van der Waals surface area contributed by atoms with Crippen molar-refractivity contribution in [1.29, 1.82) is 0 Å². The summed E-state index contributed by atoms with van der Waals surface area (Å²) in [6.45, 7) is 19.9. The van der Waals surface area contributed by atoms with Crippen LogP contribution in [0.4, 0.5) is 9.59 Å². The Morgan fingerprint density at radius 2 is 1.18 bits per heavy atom. The summed E-state index contributed by atoms with van der Waals surface area (Å²) in [5.74, 6) is 5.04. The van der Waals surface area contributed by atoms with Crippen LogP contribution in [0.2, 0.25) is 0 Å². The molecule has 1 N–H and O–H groups in total. The van der Waals surface area contributed by atoms with E-state index in [1.165, 1.54) is 12.8 Å². The van der Waals surface area contributed by atoms with Crippen molar-refractivity contribution >= 4 is 28.1 Å². The molecule has 0 saturated carbocycles. The molecule has 0 aliphatic carbocycles. The molecule has 0 atom stereocenters. The minimum absolute atomic E-state index is 0.156. The van der Waals surface area contributed by atoms with Crippen molar-refractivity contribution in [3.05, 3.63) is 0 Å². The highest BCUT2D eigenvalue weighted by molar-refractivity contribution is 9.09. The first kappa shape index (κ1) is 33.3. The number of carbonyl (C=O) groups is 2. The molecule has 4 rings (SSSR count). The molecule has 4 aliphatic rings. The summed E-state index contributed by atoms with van der Waals surface area (Å²) in [4.78, 5) is 29.6. The van der Waals surface area contributed by atoms with Gasteiger partial charge in [0.2, 0.25) is 0 Å². The number of carbonyl (C=O) groups excluding carboxylic acids is 2. The maximum atomic E-state index is 11.9. The number of ether oxygens (including phenoxy) is 2. The number of piperidine rings is 2. The molecule has 39 heavy (non-hydrogen) atoms. The fourth-order valence-electron chi connectivity index (χ4n) is 5.34. The second kappa shape index (κ2) is 14.1. The predicted molar refractivity (Wildman–Crippen MR) is 160 cm³/mol. The number of amides is 2. The van der Waals surface area contributed by atoms with E-state index in [0.717, 1.165) is 71.7 Å². The van der Waals surface area contributed by atoms with Gasteiger partial charge in [-0.25, -0.2) is 9.59 Å². The van der Waals surface area contributed by atoms with Gasteiger partial charge in [0.15, 0.2) is 0 Å². The smallest absolute Gasteiger partial charge is 0.410 e. The third-order valence-corrected chi connectivity index (χ3v) is 7.71. The molecule has 0 aromatic rings. The van der Waals surface area contributed by atoms with Crippen molar-refractivity contribution in [2.45, 2.75) is 78.4 Å². The number of halogens is 1. The Kier molecular flexibility index (Phi) is 12.0. The molecule has 0 radical (unpaired) electrons. The first-order chi connectivity index (χ1) is 18.2. The van der Waals surface area contributed by atoms with E-state index in [1.54, 1.807) is 0 Å². The van der Waals surface area contributed by atoms with Crippen molar-refractivity contribution in [2.24, 2.45) is 10.8 Å². The van der Waals surface area contributed by atoms with Crippen molar-refractivity contribution in [3.8, 4) is 24.7 Å². The number of rotatable bonds is 1. The Labute approximate surface area is 245 Å². The number of nitrogens with zero attached hydrogens (tertiary/aromatic N) is 3. The summed E-state index contributed by atoms with van der Waals surface area (Å²) in [5.41, 5.74) is -0.0753. The SMILES string of the molecule is C#CCBr.C#CCN1CCC2(CC1)CN(C(=O)OC(C)(C)C)C2.CC(C)(C)OC(=O)N1CC2(CCNCC2)C1. The molecule has 8 nitrogen and oxygen atoms in total. The molecular weight excluding hydrogens is 560 g/mol. The Bertz CT molecular complexity index is 882. The van der Waals surface area contributed by atoms with E-state index in [0.29, 0.717) is 16.2 Å². The number of alkyl halides is 1. The highest BCUT2D eigenvalue weighted by Gasteiger charge is 2.48. The third-order valence-electron chi connectivity index (χ3n) is 7.38. The van der Waals surface area contributed by atoms with Crippen molar-refractivity contribution in [2.75, 3.05) is 64.2 Å². The lowest BCUT2D eigenvalue weighted by atomic mass is 9.72. The molecule has 2 spiro atoms. The number of likely N-dealkylation sites (tertiary alicyclic amines) is 3. The fourth-order valence-corrected chi connectivity index (χ4v) is 5.34. The van der Waals surface area contributed by atoms with Crippen LogP contribution >= 0.6 is 15.9 Å². The zero-order chi connectivity index (χ0) is 29.3. The highest BCUT2D eigenvalue weighted by Crippen LogP contribution is 2.41. The van der Waals surface area contributed by atoms with Gasteiger partial charge < -0.3 is 24.6 Å². The van der Waals surface area contributed by atoms with Gasteiger partial charge in [-0.15, -0.1) is 12.8 Å². The fraction of sp³-hybridized carbons (Fsp3) is 0.800. The molecule has 4 fully saturated rings. The summed E-state index contributed by atoms with van der Waals surface area (Å²) >= 11 is 3.01. The first-order valence-corrected chi connectivity index (χ1v) is 15.1. The van der Waals surface area contributed by atoms with Crippen molar-refractivity contribution in [1.82, 2.24) is 20.0 Å². The summed E-state index contributed by atoms with van der Waals surface area (Å²) < 4.78 is 10.7. The molecular formula is C30H49BrN4O4. The maximum Gasteiger partial charge on any atom is 0.410 e. The maximum absolute atomic E-state index is 11.9. The molecule has 0 aromatic carbocycles. The van der Waals surface area contributed by atoms with Gasteiger partial charge in [-0.3, -0.25) is 4.90 Å². The van der Waals surface area contributed by atoms with Crippen LogP contribution in [0.3, 0.4) is 0 Å². The molecule has 220 valence electrons. The van der Waals surface area contributed by atoms with E-state index >= 15 is 0 Å². The Hall–Kier alpha value is -1.94. The van der Waals surface area contributed by atoms with Crippen LogP contribution in [0, 0.1) is 35.5 Å². The van der Waals surface area contributed by atoms with Gasteiger partial charge in [0.1, 0.15) is 11.2 Å². The van der Waals surface area contributed by atoms with Crippen LogP contribution in [0.15, 0.2) is 0 Å². The van der Waals surface area contributed by atoms with Crippen molar-refractivity contribution < 1.29 is 19.1 Å². The normalized spacial score (nSPS) is 21.5. The van der Waals surface area contributed by atoms with Gasteiger partial charge in [-0.2, -0.15) is 0 Å². The zero-order valence-corrected chi connectivity index (χ0v) is 26.5. The van der Waals surface area contributed by atoms with E-state index < -0.39 is 5.60 Å². The quantitative estimate of drug-likeness (QED) is 0.347. The summed E-state index contributed by atoms with van der Waals surface area (Å²) in [5, 5.41) is 4.02. The second-order valence-corrected chi connectivity index (χ2v) is 13.8. The molecule has 4 heterocycles. The van der Waals surface area contributed by atoms with Crippen LogP contribution in [0.25, 0.3) is 0 Å². The topological polar surface area (TPSA) is 74.4 Å². The standard InChI is InChI=1S/C15H24N2O2.C12H22N2O2.C3H3Br/c1-5-8-16-9-6-15(7-10-16)11-17(12-15)13(18)19-14(2,3)4;1-11(2,3)16-10(15)14-8-12(9-14)4-6-13-7-5-12;1-2-3-4/h1H,6-12H2,2-4H3;13H,4-9H2,1-3H3;1H,3H2. The van der Waals surface area contributed by atoms with Gasteiger partial charge in [-0.1, -0.05) is 27.8 Å². The molecule has 2 amide bonds. The van der Waals surface area contributed by atoms with Gasteiger partial charge in [0.25, 0.3) is 0 Å². The van der Waals surface area contributed by atoms with Gasteiger partial charge in [-0.05, 0) is 93.4 Å². The summed E-state index contributed by atoms with van der Waals surface area (Å²) in [6, 6.07) is 0. The van der Waals surface area contributed by atoms with E-state index in [-0.39, 0.29) is 17.8 Å². The Morgan fingerprint density at radius 1 is 0.795 bits per heavy atom. The Balaban J connectivity index is 0.000000243. The van der Waals surface area contributed by atoms with Crippen molar-refractivity contribution in [3.63, 3.8) is 0 Å². The lowest BCUT2D eigenvalue weighted by molar-refractivity contribution is -0.0579. The van der Waals surface area contributed by atoms with Crippen LogP contribution in [0.1, 0.15) is 67.2 Å². The van der Waals surface area contributed by atoms with E-state index in [1.807, 2.05) is 51.3 Å². The summed E-state index contributed by atoms with van der Waals surface area (Å²) in [7, 11) is 0. The van der Waals surface area contributed by atoms with Gasteiger partial charge in [0, 0.05) is 37.0 Å². The van der Waals surface area contributed by atoms with Crippen LogP contribution in [-0.4, -0.2) is 102 Å². The monoisotopic (exact) mass is 608 g/mol. The lowest BCUT2D eigenvalue weighted by Gasteiger charge is -2.53. The number of terminal acetylenes is 2. The molecule has 0 unspecified atom stereocenters.